The summed E-state index contributed by atoms with van der Waals surface area (Å²) in [6.07, 6.45) is 4.08. The van der Waals surface area contributed by atoms with Crippen LogP contribution in [0.15, 0.2) is 6.20 Å². The van der Waals surface area contributed by atoms with E-state index in [1.54, 1.807) is 14.2 Å². The van der Waals surface area contributed by atoms with Crippen LogP contribution in [0.4, 0.5) is 5.95 Å². The van der Waals surface area contributed by atoms with Crippen LogP contribution in [0, 0.1) is 6.92 Å². The molecular formula is C13H25N3O2. The zero-order valence-electron chi connectivity index (χ0n) is 11.9. The molecular weight excluding hydrogens is 230 g/mol. The van der Waals surface area contributed by atoms with Crippen molar-refractivity contribution < 1.29 is 9.47 Å². The zero-order valence-corrected chi connectivity index (χ0v) is 11.9. The van der Waals surface area contributed by atoms with E-state index in [0.717, 1.165) is 37.6 Å². The molecule has 0 amide bonds. The van der Waals surface area contributed by atoms with Crippen molar-refractivity contribution >= 4 is 5.95 Å². The largest absolute Gasteiger partial charge is 0.385 e. The van der Waals surface area contributed by atoms with Crippen LogP contribution in [0.1, 0.15) is 31.5 Å². The smallest absolute Gasteiger partial charge is 0.203 e. The molecule has 104 valence electrons. The summed E-state index contributed by atoms with van der Waals surface area (Å²) in [7, 11) is 3.45. The van der Waals surface area contributed by atoms with Crippen molar-refractivity contribution in [3.8, 4) is 0 Å². The second-order valence-corrected chi connectivity index (χ2v) is 4.40. The summed E-state index contributed by atoms with van der Waals surface area (Å²) in [6, 6.07) is 0.334. The van der Waals surface area contributed by atoms with E-state index >= 15 is 0 Å². The summed E-state index contributed by atoms with van der Waals surface area (Å²) < 4.78 is 12.5. The standard InChI is InChI=1S/C13H25N3O2/c1-5-12(10-18-4)16-9-11(2)15-13(16)14-7-6-8-17-3/h9,12H,5-8,10H2,1-4H3,(H,14,15). The highest BCUT2D eigenvalue weighted by molar-refractivity contribution is 5.29. The minimum Gasteiger partial charge on any atom is -0.385 e. The zero-order chi connectivity index (χ0) is 13.4. The van der Waals surface area contributed by atoms with E-state index in [1.807, 2.05) is 6.92 Å². The minimum atomic E-state index is 0.334. The third-order valence-corrected chi connectivity index (χ3v) is 2.88. The fourth-order valence-electron chi connectivity index (χ4n) is 1.93. The summed E-state index contributed by atoms with van der Waals surface area (Å²) in [6.45, 7) is 6.51. The number of imidazole rings is 1. The van der Waals surface area contributed by atoms with Gasteiger partial charge in [0.1, 0.15) is 0 Å². The monoisotopic (exact) mass is 255 g/mol. The number of nitrogens with zero attached hydrogens (tertiary/aromatic N) is 2. The Morgan fingerprint density at radius 1 is 1.39 bits per heavy atom. The Morgan fingerprint density at radius 2 is 2.17 bits per heavy atom. The summed E-state index contributed by atoms with van der Waals surface area (Å²) in [5.41, 5.74) is 1.03. The van der Waals surface area contributed by atoms with E-state index in [9.17, 15) is 0 Å². The second-order valence-electron chi connectivity index (χ2n) is 4.40. The molecule has 0 fully saturated rings. The molecule has 0 aliphatic heterocycles. The van der Waals surface area contributed by atoms with E-state index in [0.29, 0.717) is 12.6 Å². The average Bonchev–Trinajstić information content (AvgIpc) is 2.73. The molecule has 1 aromatic rings. The first-order valence-corrected chi connectivity index (χ1v) is 6.50. The summed E-state index contributed by atoms with van der Waals surface area (Å²) >= 11 is 0. The SMILES string of the molecule is CCC(COC)n1cc(C)nc1NCCCOC. The maximum atomic E-state index is 5.26. The predicted molar refractivity (Wildman–Crippen MR) is 73.2 cm³/mol. The Kier molecular flexibility index (Phi) is 6.75. The van der Waals surface area contributed by atoms with Gasteiger partial charge in [-0.05, 0) is 19.8 Å². The highest BCUT2D eigenvalue weighted by Crippen LogP contribution is 2.19. The molecule has 0 radical (unpaired) electrons. The van der Waals surface area contributed by atoms with Crippen molar-refractivity contribution in [1.29, 1.82) is 0 Å². The molecule has 0 spiro atoms. The van der Waals surface area contributed by atoms with Crippen LogP contribution in [0.5, 0.6) is 0 Å². The van der Waals surface area contributed by atoms with Crippen LogP contribution >= 0.6 is 0 Å². The van der Waals surface area contributed by atoms with Crippen molar-refractivity contribution in [1.82, 2.24) is 9.55 Å². The van der Waals surface area contributed by atoms with Gasteiger partial charge in [0.15, 0.2) is 0 Å². The molecule has 5 nitrogen and oxygen atoms in total. The molecule has 0 aliphatic rings. The Labute approximate surface area is 109 Å². The summed E-state index contributed by atoms with van der Waals surface area (Å²) in [5.74, 6) is 0.924. The van der Waals surface area contributed by atoms with Crippen molar-refractivity contribution in [2.75, 3.05) is 39.3 Å². The van der Waals surface area contributed by atoms with Gasteiger partial charge in [-0.25, -0.2) is 4.98 Å². The van der Waals surface area contributed by atoms with E-state index in [-0.39, 0.29) is 0 Å². The molecule has 5 heteroatoms. The number of anilines is 1. The van der Waals surface area contributed by atoms with Gasteiger partial charge in [0.2, 0.25) is 5.95 Å². The van der Waals surface area contributed by atoms with E-state index < -0.39 is 0 Å². The second kappa shape index (κ2) is 8.11. The fourth-order valence-corrected chi connectivity index (χ4v) is 1.93. The predicted octanol–water partition coefficient (Wildman–Crippen LogP) is 2.24. The molecule has 0 aliphatic carbocycles. The number of aryl methyl sites for hydroxylation is 1. The number of methoxy groups -OCH3 is 2. The van der Waals surface area contributed by atoms with Gasteiger partial charge in [0, 0.05) is 33.6 Å². The Bertz CT molecular complexity index is 339. The first kappa shape index (κ1) is 15.0. The van der Waals surface area contributed by atoms with Crippen LogP contribution < -0.4 is 5.32 Å². The van der Waals surface area contributed by atoms with Gasteiger partial charge in [-0.3, -0.25) is 0 Å². The Morgan fingerprint density at radius 3 is 2.78 bits per heavy atom. The maximum absolute atomic E-state index is 5.26. The van der Waals surface area contributed by atoms with Crippen LogP contribution in [0.25, 0.3) is 0 Å². The fraction of sp³-hybridized carbons (Fsp3) is 0.769. The number of hydrogen-bond acceptors (Lipinski definition) is 4. The molecule has 0 saturated carbocycles. The van der Waals surface area contributed by atoms with Gasteiger partial charge in [-0.15, -0.1) is 0 Å². The number of aromatic nitrogens is 2. The average molecular weight is 255 g/mol. The number of rotatable bonds is 9. The number of ether oxygens (including phenoxy) is 2. The van der Waals surface area contributed by atoms with Crippen LogP contribution in [0.2, 0.25) is 0 Å². The molecule has 18 heavy (non-hydrogen) atoms. The lowest BCUT2D eigenvalue weighted by Gasteiger charge is -2.18. The molecule has 0 bridgehead atoms. The lowest BCUT2D eigenvalue weighted by Crippen LogP contribution is -2.17. The molecule has 0 aromatic carbocycles. The summed E-state index contributed by atoms with van der Waals surface area (Å²) in [4.78, 5) is 4.51. The molecule has 1 unspecified atom stereocenters. The Hall–Kier alpha value is -1.07. The van der Waals surface area contributed by atoms with E-state index in [4.69, 9.17) is 9.47 Å². The summed E-state index contributed by atoms with van der Waals surface area (Å²) in [5, 5.41) is 3.36. The quantitative estimate of drug-likeness (QED) is 0.687. The molecule has 1 N–H and O–H groups in total. The van der Waals surface area contributed by atoms with Gasteiger partial charge < -0.3 is 19.4 Å². The van der Waals surface area contributed by atoms with E-state index in [1.165, 1.54) is 0 Å². The molecule has 0 saturated heterocycles. The van der Waals surface area contributed by atoms with Gasteiger partial charge >= 0.3 is 0 Å². The van der Waals surface area contributed by atoms with Gasteiger partial charge in [-0.2, -0.15) is 0 Å². The van der Waals surface area contributed by atoms with Gasteiger partial charge in [0.25, 0.3) is 0 Å². The third kappa shape index (κ3) is 4.31. The lowest BCUT2D eigenvalue weighted by molar-refractivity contribution is 0.154. The minimum absolute atomic E-state index is 0.334. The highest BCUT2D eigenvalue weighted by atomic mass is 16.5. The number of nitrogens with one attached hydrogen (secondary N) is 1. The van der Waals surface area contributed by atoms with Crippen molar-refractivity contribution in [3.05, 3.63) is 11.9 Å². The third-order valence-electron chi connectivity index (χ3n) is 2.88. The van der Waals surface area contributed by atoms with E-state index in [2.05, 4.69) is 28.0 Å². The van der Waals surface area contributed by atoms with Crippen molar-refractivity contribution in [2.24, 2.45) is 0 Å². The normalized spacial score (nSPS) is 12.7. The molecule has 1 atom stereocenters. The Balaban J connectivity index is 2.65. The van der Waals surface area contributed by atoms with Crippen LogP contribution in [-0.4, -0.2) is 43.5 Å². The lowest BCUT2D eigenvalue weighted by atomic mass is 10.2. The number of hydrogen-bond donors (Lipinski definition) is 1. The molecule has 1 heterocycles. The topological polar surface area (TPSA) is 48.3 Å². The maximum Gasteiger partial charge on any atom is 0.203 e. The van der Waals surface area contributed by atoms with Gasteiger partial charge in [0.05, 0.1) is 18.3 Å². The molecule has 1 rings (SSSR count). The van der Waals surface area contributed by atoms with Crippen molar-refractivity contribution in [2.45, 2.75) is 32.7 Å². The first-order chi connectivity index (χ1) is 8.72. The molecule has 1 aromatic heterocycles. The van der Waals surface area contributed by atoms with Gasteiger partial charge in [-0.1, -0.05) is 6.92 Å². The highest BCUT2D eigenvalue weighted by Gasteiger charge is 2.13. The van der Waals surface area contributed by atoms with Crippen molar-refractivity contribution in [3.63, 3.8) is 0 Å². The van der Waals surface area contributed by atoms with Crippen LogP contribution in [0.3, 0.4) is 0 Å². The first-order valence-electron chi connectivity index (χ1n) is 6.50. The van der Waals surface area contributed by atoms with Crippen LogP contribution in [-0.2, 0) is 9.47 Å².